The van der Waals surface area contributed by atoms with E-state index in [0.29, 0.717) is 0 Å². The second-order valence-electron chi connectivity index (χ2n) is 12.4. The van der Waals surface area contributed by atoms with Crippen LogP contribution < -0.4 is 0 Å². The third kappa shape index (κ3) is 4.16. The molecule has 1 nitrogen and oxygen atoms in total. The van der Waals surface area contributed by atoms with Gasteiger partial charge in [-0.05, 0) is 113 Å². The summed E-state index contributed by atoms with van der Waals surface area (Å²) in [4.78, 5) is 2.44. The maximum Gasteiger partial charge on any atom is 0.0544 e. The van der Waals surface area contributed by atoms with E-state index in [4.69, 9.17) is 11.6 Å². The lowest BCUT2D eigenvalue weighted by atomic mass is 9.82. The first-order chi connectivity index (χ1) is 21.3. The predicted molar refractivity (Wildman–Crippen MR) is 189 cm³/mol. The van der Waals surface area contributed by atoms with E-state index in [1.807, 2.05) is 12.1 Å². The number of para-hydroxylation sites is 1. The minimum atomic E-state index is -0.0550. The zero-order valence-electron chi connectivity index (χ0n) is 25.3. The maximum absolute atomic E-state index is 6.46. The van der Waals surface area contributed by atoms with Gasteiger partial charge in [-0.25, -0.2) is 0 Å². The summed E-state index contributed by atoms with van der Waals surface area (Å²) in [6.07, 6.45) is 0. The van der Waals surface area contributed by atoms with Crippen LogP contribution >= 0.6 is 23.4 Å². The molecule has 0 amide bonds. The van der Waals surface area contributed by atoms with Gasteiger partial charge in [0, 0.05) is 36.7 Å². The molecule has 1 aliphatic carbocycles. The fraction of sp³-hybridized carbons (Fsp3) is 0.122. The minimum Gasteiger partial charge on any atom is -0.309 e. The quantitative estimate of drug-likeness (QED) is 0.193. The SMILES string of the molecule is Cc1ccc(-c2ccc3c(c2)c2cc4c(cc2n3-c2ccccc2)C(C)(C)c2ccccc2-4)cc1Sc1cccc(Cl)c1C. The van der Waals surface area contributed by atoms with E-state index in [1.165, 1.54) is 76.2 Å². The van der Waals surface area contributed by atoms with Gasteiger partial charge in [0.25, 0.3) is 0 Å². The Morgan fingerprint density at radius 1 is 0.591 bits per heavy atom. The summed E-state index contributed by atoms with van der Waals surface area (Å²) >= 11 is 8.25. The highest BCUT2D eigenvalue weighted by molar-refractivity contribution is 7.99. The lowest BCUT2D eigenvalue weighted by molar-refractivity contribution is 0.661. The fourth-order valence-electron chi connectivity index (χ4n) is 6.95. The van der Waals surface area contributed by atoms with Crippen molar-refractivity contribution >= 4 is 45.2 Å². The highest BCUT2D eigenvalue weighted by Crippen LogP contribution is 2.51. The van der Waals surface area contributed by atoms with Gasteiger partial charge in [-0.1, -0.05) is 104 Å². The maximum atomic E-state index is 6.46. The number of nitrogens with zero attached hydrogens (tertiary/aromatic N) is 1. The van der Waals surface area contributed by atoms with Gasteiger partial charge in [-0.2, -0.15) is 0 Å². The fourth-order valence-corrected chi connectivity index (χ4v) is 8.25. The van der Waals surface area contributed by atoms with Crippen LogP contribution in [0.25, 0.3) is 49.7 Å². The Balaban J connectivity index is 1.34. The molecule has 0 saturated carbocycles. The van der Waals surface area contributed by atoms with Crippen LogP contribution in [0, 0.1) is 13.8 Å². The molecule has 0 fully saturated rings. The van der Waals surface area contributed by atoms with Crippen molar-refractivity contribution in [2.75, 3.05) is 0 Å². The van der Waals surface area contributed by atoms with Crippen molar-refractivity contribution in [3.05, 3.63) is 149 Å². The Morgan fingerprint density at radius 3 is 2.16 bits per heavy atom. The normalized spacial score (nSPS) is 13.4. The van der Waals surface area contributed by atoms with Gasteiger partial charge in [0.2, 0.25) is 0 Å². The second-order valence-corrected chi connectivity index (χ2v) is 13.9. The van der Waals surface area contributed by atoms with E-state index in [1.54, 1.807) is 11.8 Å². The largest absolute Gasteiger partial charge is 0.309 e. The Labute approximate surface area is 268 Å². The van der Waals surface area contributed by atoms with Gasteiger partial charge in [0.05, 0.1) is 11.0 Å². The minimum absolute atomic E-state index is 0.0550. The Morgan fingerprint density at radius 2 is 1.32 bits per heavy atom. The molecule has 0 saturated heterocycles. The predicted octanol–water partition coefficient (Wildman–Crippen LogP) is 12.2. The third-order valence-corrected chi connectivity index (χ3v) is 11.2. The molecule has 1 aliphatic rings. The lowest BCUT2D eigenvalue weighted by Gasteiger charge is -2.21. The summed E-state index contributed by atoms with van der Waals surface area (Å²) in [6, 6.07) is 44.5. The van der Waals surface area contributed by atoms with Crippen molar-refractivity contribution in [2.45, 2.75) is 42.9 Å². The summed E-state index contributed by atoms with van der Waals surface area (Å²) in [7, 11) is 0. The number of fused-ring (bicyclic) bond motifs is 6. The lowest BCUT2D eigenvalue weighted by Crippen LogP contribution is -2.14. The number of benzene rings is 6. The van der Waals surface area contributed by atoms with Crippen LogP contribution in [-0.4, -0.2) is 4.57 Å². The van der Waals surface area contributed by atoms with Gasteiger partial charge in [0.15, 0.2) is 0 Å². The van der Waals surface area contributed by atoms with Crippen LogP contribution in [0.2, 0.25) is 5.02 Å². The molecule has 6 aromatic carbocycles. The van der Waals surface area contributed by atoms with Crippen molar-refractivity contribution in [1.29, 1.82) is 0 Å². The van der Waals surface area contributed by atoms with Crippen molar-refractivity contribution in [3.8, 4) is 27.9 Å². The first kappa shape index (κ1) is 27.3. The molecule has 0 N–H and O–H groups in total. The zero-order valence-corrected chi connectivity index (χ0v) is 26.9. The number of rotatable bonds is 4. The topological polar surface area (TPSA) is 4.93 Å². The van der Waals surface area contributed by atoms with Crippen molar-refractivity contribution < 1.29 is 0 Å². The molecule has 0 bridgehead atoms. The van der Waals surface area contributed by atoms with Gasteiger partial charge in [0.1, 0.15) is 0 Å². The standard InChI is InChI=1S/C41H32ClNS/c1-25-17-18-28(22-40(25)44-39-16-10-15-36(42)26(39)2)27-19-20-37-32(21-27)33-23-31-30-13-8-9-14-34(30)41(3,4)35(31)24-38(33)43(37)29-11-6-5-7-12-29/h5-24H,1-4H3. The van der Waals surface area contributed by atoms with E-state index in [9.17, 15) is 0 Å². The van der Waals surface area contributed by atoms with Crippen LogP contribution in [0.15, 0.2) is 131 Å². The molecule has 0 spiro atoms. The Bertz CT molecular complexity index is 2260. The van der Waals surface area contributed by atoms with E-state index in [0.717, 1.165) is 10.6 Å². The second kappa shape index (κ2) is 10.2. The summed E-state index contributed by atoms with van der Waals surface area (Å²) in [5.74, 6) is 0. The molecule has 1 aromatic heterocycles. The van der Waals surface area contributed by atoms with E-state index in [-0.39, 0.29) is 5.41 Å². The monoisotopic (exact) mass is 605 g/mol. The van der Waals surface area contributed by atoms with Gasteiger partial charge in [-0.3, -0.25) is 0 Å². The number of hydrogen-bond donors (Lipinski definition) is 0. The summed E-state index contributed by atoms with van der Waals surface area (Å²) in [5, 5.41) is 3.36. The average Bonchev–Trinajstić information content (AvgIpc) is 3.48. The van der Waals surface area contributed by atoms with Gasteiger partial charge in [-0.15, -0.1) is 0 Å². The van der Waals surface area contributed by atoms with E-state index < -0.39 is 0 Å². The molecule has 7 aromatic rings. The summed E-state index contributed by atoms with van der Waals surface area (Å²) < 4.78 is 2.44. The first-order valence-electron chi connectivity index (χ1n) is 15.1. The average molecular weight is 606 g/mol. The molecule has 1 heterocycles. The Kier molecular flexibility index (Phi) is 6.31. The first-order valence-corrected chi connectivity index (χ1v) is 16.3. The molecule has 0 aliphatic heterocycles. The zero-order chi connectivity index (χ0) is 30.2. The van der Waals surface area contributed by atoms with E-state index in [2.05, 4.69) is 141 Å². The molecule has 0 atom stereocenters. The summed E-state index contributed by atoms with van der Waals surface area (Å²) in [6.45, 7) is 8.99. The van der Waals surface area contributed by atoms with Gasteiger partial charge >= 0.3 is 0 Å². The van der Waals surface area contributed by atoms with Crippen molar-refractivity contribution in [3.63, 3.8) is 0 Å². The van der Waals surface area contributed by atoms with E-state index >= 15 is 0 Å². The molecular formula is C41H32ClNS. The highest BCUT2D eigenvalue weighted by atomic mass is 35.5. The van der Waals surface area contributed by atoms with Crippen molar-refractivity contribution in [1.82, 2.24) is 4.57 Å². The number of halogens is 1. The van der Waals surface area contributed by atoms with Crippen LogP contribution in [0.5, 0.6) is 0 Å². The Hall–Kier alpha value is -4.24. The molecule has 8 rings (SSSR count). The molecular weight excluding hydrogens is 574 g/mol. The van der Waals surface area contributed by atoms with Crippen LogP contribution in [0.1, 0.15) is 36.1 Å². The smallest absolute Gasteiger partial charge is 0.0544 e. The molecule has 0 radical (unpaired) electrons. The molecule has 214 valence electrons. The van der Waals surface area contributed by atoms with Crippen LogP contribution in [0.3, 0.4) is 0 Å². The van der Waals surface area contributed by atoms with Crippen LogP contribution in [-0.2, 0) is 5.41 Å². The number of aryl methyl sites for hydroxylation is 1. The molecule has 0 unspecified atom stereocenters. The van der Waals surface area contributed by atoms with Gasteiger partial charge < -0.3 is 4.57 Å². The summed E-state index contributed by atoms with van der Waals surface area (Å²) in [5.41, 5.74) is 13.9. The molecule has 3 heteroatoms. The number of hydrogen-bond acceptors (Lipinski definition) is 1. The van der Waals surface area contributed by atoms with Crippen LogP contribution in [0.4, 0.5) is 0 Å². The van der Waals surface area contributed by atoms with Crippen molar-refractivity contribution in [2.24, 2.45) is 0 Å². The highest BCUT2D eigenvalue weighted by Gasteiger charge is 2.36. The molecule has 44 heavy (non-hydrogen) atoms. The third-order valence-electron chi connectivity index (χ3n) is 9.44. The number of aromatic nitrogens is 1.